The third kappa shape index (κ3) is 4.60. The normalized spacial score (nSPS) is 10.6. The van der Waals surface area contributed by atoms with Gasteiger partial charge in [0.05, 0.1) is 15.5 Å². The lowest BCUT2D eigenvalue weighted by molar-refractivity contribution is -0.384. The van der Waals surface area contributed by atoms with Gasteiger partial charge in [0.2, 0.25) is 0 Å². The van der Waals surface area contributed by atoms with Gasteiger partial charge in [-0.3, -0.25) is 20.2 Å². The SMILES string of the molecule is O=C(Nc1nc(-c2ccc([N+](=O)[O-])cc2)c(-c2ccc(Cl)cc2)s1)c1ccc(F)cc1. The lowest BCUT2D eigenvalue weighted by Gasteiger charge is -2.03. The molecule has 3 aromatic carbocycles. The van der Waals surface area contributed by atoms with Crippen LogP contribution in [0, 0.1) is 15.9 Å². The van der Waals surface area contributed by atoms with Crippen LogP contribution in [-0.4, -0.2) is 15.8 Å². The zero-order chi connectivity index (χ0) is 22.0. The van der Waals surface area contributed by atoms with E-state index in [2.05, 4.69) is 10.3 Å². The summed E-state index contributed by atoms with van der Waals surface area (Å²) < 4.78 is 13.1. The van der Waals surface area contributed by atoms with Crippen LogP contribution >= 0.6 is 22.9 Å². The van der Waals surface area contributed by atoms with Gasteiger partial charge < -0.3 is 0 Å². The lowest BCUT2D eigenvalue weighted by Crippen LogP contribution is -2.11. The number of hydrogen-bond donors (Lipinski definition) is 1. The molecule has 0 fully saturated rings. The molecule has 9 heteroatoms. The number of hydrogen-bond acceptors (Lipinski definition) is 5. The van der Waals surface area contributed by atoms with Crippen molar-refractivity contribution in [2.75, 3.05) is 5.32 Å². The maximum absolute atomic E-state index is 13.1. The third-order valence-electron chi connectivity index (χ3n) is 4.41. The summed E-state index contributed by atoms with van der Waals surface area (Å²) in [4.78, 5) is 28.3. The zero-order valence-electron chi connectivity index (χ0n) is 15.7. The van der Waals surface area contributed by atoms with Crippen LogP contribution in [0.2, 0.25) is 5.02 Å². The van der Waals surface area contributed by atoms with Crippen molar-refractivity contribution in [2.24, 2.45) is 0 Å². The van der Waals surface area contributed by atoms with Crippen molar-refractivity contribution in [3.05, 3.63) is 99.3 Å². The number of carbonyl (C=O) groups excluding carboxylic acids is 1. The van der Waals surface area contributed by atoms with Crippen molar-refractivity contribution in [1.29, 1.82) is 0 Å². The van der Waals surface area contributed by atoms with E-state index in [4.69, 9.17) is 11.6 Å². The first-order valence-electron chi connectivity index (χ1n) is 8.99. The Morgan fingerprint density at radius 1 is 0.968 bits per heavy atom. The van der Waals surface area contributed by atoms with Gasteiger partial charge in [0.25, 0.3) is 11.6 Å². The van der Waals surface area contributed by atoms with E-state index in [1.54, 1.807) is 24.3 Å². The molecule has 154 valence electrons. The second-order valence-electron chi connectivity index (χ2n) is 6.47. The molecule has 1 amide bonds. The number of benzene rings is 3. The Bertz CT molecular complexity index is 1260. The molecule has 0 aliphatic heterocycles. The van der Waals surface area contributed by atoms with Crippen molar-refractivity contribution >= 4 is 39.7 Å². The second kappa shape index (κ2) is 8.63. The van der Waals surface area contributed by atoms with Gasteiger partial charge in [-0.2, -0.15) is 0 Å². The molecule has 0 saturated carbocycles. The Morgan fingerprint density at radius 3 is 2.19 bits per heavy atom. The van der Waals surface area contributed by atoms with Crippen LogP contribution in [-0.2, 0) is 0 Å². The molecule has 0 aliphatic rings. The number of nitro benzene ring substituents is 1. The number of nitro groups is 1. The molecule has 4 rings (SSSR count). The first-order valence-corrected chi connectivity index (χ1v) is 10.2. The number of halogens is 2. The molecule has 0 aliphatic carbocycles. The predicted octanol–water partition coefficient (Wildman–Crippen LogP) is 6.43. The minimum Gasteiger partial charge on any atom is -0.298 e. The molecule has 0 bridgehead atoms. The first kappa shape index (κ1) is 20.6. The number of aromatic nitrogens is 1. The number of amides is 1. The van der Waals surface area contributed by atoms with Gasteiger partial charge in [-0.25, -0.2) is 9.37 Å². The van der Waals surface area contributed by atoms with Gasteiger partial charge in [-0.1, -0.05) is 35.1 Å². The van der Waals surface area contributed by atoms with E-state index < -0.39 is 16.6 Å². The molecule has 1 aromatic heterocycles. The molecule has 1 heterocycles. The fourth-order valence-electron chi connectivity index (χ4n) is 2.88. The first-order chi connectivity index (χ1) is 14.9. The van der Waals surface area contributed by atoms with E-state index in [-0.39, 0.29) is 5.69 Å². The molecule has 0 unspecified atom stereocenters. The summed E-state index contributed by atoms with van der Waals surface area (Å²) in [5.74, 6) is -0.858. The number of thiazole rings is 1. The van der Waals surface area contributed by atoms with Gasteiger partial charge in [-0.05, 0) is 54.1 Å². The van der Waals surface area contributed by atoms with Crippen LogP contribution in [0.15, 0.2) is 72.8 Å². The van der Waals surface area contributed by atoms with Crippen LogP contribution in [0.25, 0.3) is 21.7 Å². The topological polar surface area (TPSA) is 85.1 Å². The fraction of sp³-hybridized carbons (Fsp3) is 0. The molecule has 0 spiro atoms. The van der Waals surface area contributed by atoms with Gasteiger partial charge in [0.15, 0.2) is 5.13 Å². The highest BCUT2D eigenvalue weighted by Gasteiger charge is 2.18. The number of carbonyl (C=O) groups is 1. The number of anilines is 1. The minimum atomic E-state index is -0.473. The quantitative estimate of drug-likeness (QED) is 0.278. The largest absolute Gasteiger partial charge is 0.298 e. The molecular formula is C22H13ClFN3O3S. The number of non-ortho nitro benzene ring substituents is 1. The highest BCUT2D eigenvalue weighted by atomic mass is 35.5. The molecule has 0 radical (unpaired) electrons. The summed E-state index contributed by atoms with van der Waals surface area (Å²) >= 11 is 7.25. The monoisotopic (exact) mass is 453 g/mol. The summed E-state index contributed by atoms with van der Waals surface area (Å²) in [6.07, 6.45) is 0. The summed E-state index contributed by atoms with van der Waals surface area (Å²) in [6, 6.07) is 18.3. The maximum Gasteiger partial charge on any atom is 0.269 e. The predicted molar refractivity (Wildman–Crippen MR) is 119 cm³/mol. The molecular weight excluding hydrogens is 441 g/mol. The Labute approximate surface area is 185 Å². The van der Waals surface area contributed by atoms with E-state index in [0.29, 0.717) is 27.0 Å². The smallest absolute Gasteiger partial charge is 0.269 e. The van der Waals surface area contributed by atoms with Gasteiger partial charge in [0.1, 0.15) is 5.82 Å². The minimum absolute atomic E-state index is 0.0307. The third-order valence-corrected chi connectivity index (χ3v) is 5.68. The molecule has 6 nitrogen and oxygen atoms in total. The maximum atomic E-state index is 13.1. The van der Waals surface area contributed by atoms with Crippen LogP contribution < -0.4 is 5.32 Å². The molecule has 1 N–H and O–H groups in total. The van der Waals surface area contributed by atoms with E-state index in [1.165, 1.54) is 47.7 Å². The van der Waals surface area contributed by atoms with Gasteiger partial charge in [0, 0.05) is 28.3 Å². The Morgan fingerprint density at radius 2 is 1.58 bits per heavy atom. The summed E-state index contributed by atoms with van der Waals surface area (Å²) in [5, 5.41) is 14.6. The van der Waals surface area contributed by atoms with Crippen molar-refractivity contribution in [2.45, 2.75) is 0 Å². The molecule has 0 atom stereocenters. The molecule has 4 aromatic rings. The molecule has 0 saturated heterocycles. The average molecular weight is 454 g/mol. The zero-order valence-corrected chi connectivity index (χ0v) is 17.3. The summed E-state index contributed by atoms with van der Waals surface area (Å²) in [6.45, 7) is 0. The van der Waals surface area contributed by atoms with E-state index in [0.717, 1.165) is 10.4 Å². The fourth-order valence-corrected chi connectivity index (χ4v) is 3.99. The van der Waals surface area contributed by atoms with Crippen LogP contribution in [0.5, 0.6) is 0 Å². The van der Waals surface area contributed by atoms with Crippen molar-refractivity contribution in [3.63, 3.8) is 0 Å². The van der Waals surface area contributed by atoms with Crippen LogP contribution in [0.3, 0.4) is 0 Å². The van der Waals surface area contributed by atoms with Crippen molar-refractivity contribution in [3.8, 4) is 21.7 Å². The van der Waals surface area contributed by atoms with E-state index >= 15 is 0 Å². The van der Waals surface area contributed by atoms with E-state index in [1.807, 2.05) is 12.1 Å². The lowest BCUT2D eigenvalue weighted by atomic mass is 10.1. The number of rotatable bonds is 5. The Hall–Kier alpha value is -3.62. The Kier molecular flexibility index (Phi) is 5.75. The summed E-state index contributed by atoms with van der Waals surface area (Å²) in [5.41, 5.74) is 2.32. The van der Waals surface area contributed by atoms with Gasteiger partial charge >= 0.3 is 0 Å². The van der Waals surface area contributed by atoms with Crippen molar-refractivity contribution in [1.82, 2.24) is 4.98 Å². The molecule has 31 heavy (non-hydrogen) atoms. The number of nitrogens with one attached hydrogen (secondary N) is 1. The average Bonchev–Trinajstić information content (AvgIpc) is 3.18. The standard InChI is InChI=1S/C22H13ClFN3O3S/c23-16-7-1-14(2-8-16)20-19(13-5-11-18(12-6-13)27(29)30)25-22(31-20)26-21(28)15-3-9-17(24)10-4-15/h1-12H,(H,25,26,28). The van der Waals surface area contributed by atoms with Crippen LogP contribution in [0.4, 0.5) is 15.2 Å². The number of nitrogens with zero attached hydrogens (tertiary/aromatic N) is 2. The van der Waals surface area contributed by atoms with E-state index in [9.17, 15) is 19.3 Å². The highest BCUT2D eigenvalue weighted by Crippen LogP contribution is 2.40. The van der Waals surface area contributed by atoms with Gasteiger partial charge in [-0.15, -0.1) is 0 Å². The highest BCUT2D eigenvalue weighted by molar-refractivity contribution is 7.19. The van der Waals surface area contributed by atoms with Crippen LogP contribution in [0.1, 0.15) is 10.4 Å². The Balaban J connectivity index is 1.72. The summed E-state index contributed by atoms with van der Waals surface area (Å²) in [7, 11) is 0. The van der Waals surface area contributed by atoms with Crippen molar-refractivity contribution < 1.29 is 14.1 Å². The second-order valence-corrected chi connectivity index (χ2v) is 7.90.